The van der Waals surface area contributed by atoms with Crippen LogP contribution in [-0.4, -0.2) is 45.6 Å². The number of para-hydroxylation sites is 1. The Morgan fingerprint density at radius 2 is 1.86 bits per heavy atom. The molecule has 0 radical (unpaired) electrons. The van der Waals surface area contributed by atoms with Crippen molar-refractivity contribution in [2.75, 3.05) is 30.5 Å². The van der Waals surface area contributed by atoms with Gasteiger partial charge in [0, 0.05) is 66.6 Å². The average molecular weight is 575 g/mol. The lowest BCUT2D eigenvalue weighted by Gasteiger charge is -2.17. The van der Waals surface area contributed by atoms with Crippen molar-refractivity contribution < 1.29 is 23.4 Å². The van der Waals surface area contributed by atoms with E-state index < -0.39 is 11.6 Å². The third-order valence-electron chi connectivity index (χ3n) is 6.74. The van der Waals surface area contributed by atoms with Gasteiger partial charge >= 0.3 is 0 Å². The zero-order valence-corrected chi connectivity index (χ0v) is 23.2. The van der Waals surface area contributed by atoms with Crippen LogP contribution in [0.3, 0.4) is 0 Å². The summed E-state index contributed by atoms with van der Waals surface area (Å²) in [4.78, 5) is 13.3. The van der Waals surface area contributed by atoms with Gasteiger partial charge in [-0.2, -0.15) is 0 Å². The van der Waals surface area contributed by atoms with E-state index in [0.717, 1.165) is 36.2 Å². The summed E-state index contributed by atoms with van der Waals surface area (Å²) in [5, 5.41) is 24.5. The molecular formula is C31H32F2N6O3. The molecule has 0 saturated heterocycles. The van der Waals surface area contributed by atoms with Crippen LogP contribution in [0.15, 0.2) is 61.1 Å². The van der Waals surface area contributed by atoms with Crippen molar-refractivity contribution in [2.24, 2.45) is 0 Å². The highest BCUT2D eigenvalue weighted by Gasteiger charge is 2.27. The number of nitrogens with one attached hydrogen (secondary N) is 3. The lowest BCUT2D eigenvalue weighted by molar-refractivity contribution is 0.233. The third kappa shape index (κ3) is 6.80. The second kappa shape index (κ2) is 13.3. The number of anilines is 3. The summed E-state index contributed by atoms with van der Waals surface area (Å²) in [5.41, 5.74) is 2.73. The van der Waals surface area contributed by atoms with Crippen LogP contribution in [0.1, 0.15) is 54.6 Å². The minimum absolute atomic E-state index is 0.00726. The van der Waals surface area contributed by atoms with Crippen molar-refractivity contribution in [3.63, 3.8) is 0 Å². The predicted molar refractivity (Wildman–Crippen MR) is 156 cm³/mol. The first-order valence-corrected chi connectivity index (χ1v) is 13.8. The fourth-order valence-corrected chi connectivity index (χ4v) is 4.46. The molecule has 1 saturated carbocycles. The summed E-state index contributed by atoms with van der Waals surface area (Å²) in [6.07, 6.45) is 7.66. The van der Waals surface area contributed by atoms with E-state index in [2.05, 4.69) is 25.6 Å². The van der Waals surface area contributed by atoms with Gasteiger partial charge < -0.3 is 25.2 Å². The summed E-state index contributed by atoms with van der Waals surface area (Å²) in [6, 6.07) is 11.1. The molecule has 0 spiro atoms. The van der Waals surface area contributed by atoms with Gasteiger partial charge in [-0.05, 0) is 43.4 Å². The van der Waals surface area contributed by atoms with E-state index >= 15 is 0 Å². The maximum atomic E-state index is 14.7. The van der Waals surface area contributed by atoms with Gasteiger partial charge in [0.1, 0.15) is 23.1 Å². The number of aromatic nitrogens is 3. The van der Waals surface area contributed by atoms with E-state index in [-0.39, 0.29) is 42.6 Å². The molecule has 2 aromatic carbocycles. The van der Waals surface area contributed by atoms with Crippen molar-refractivity contribution in [1.29, 1.82) is 5.41 Å². The fourth-order valence-electron chi connectivity index (χ4n) is 4.46. The molecule has 0 amide bonds. The van der Waals surface area contributed by atoms with Crippen LogP contribution in [0.2, 0.25) is 0 Å². The third-order valence-corrected chi connectivity index (χ3v) is 6.74. The topological polar surface area (TPSA) is 125 Å². The van der Waals surface area contributed by atoms with E-state index in [0.29, 0.717) is 41.8 Å². The first-order chi connectivity index (χ1) is 20.5. The molecule has 5 rings (SSSR count). The molecule has 4 aromatic rings. The molecule has 1 fully saturated rings. The molecule has 0 atom stereocenters. The van der Waals surface area contributed by atoms with Crippen LogP contribution in [0, 0.1) is 17.0 Å². The SMILES string of the molecule is CCOc1cc(F)c(CNc2ccccc2C(=N)c2ncc(OCCCO)c(Nc3ccncc3C3CC3)n2)c(F)c1. The van der Waals surface area contributed by atoms with Gasteiger partial charge in [0.15, 0.2) is 17.4 Å². The lowest BCUT2D eigenvalue weighted by atomic mass is 10.1. The second-order valence-corrected chi connectivity index (χ2v) is 9.77. The van der Waals surface area contributed by atoms with Crippen molar-refractivity contribution in [3.05, 3.63) is 95.2 Å². The number of hydrogen-bond acceptors (Lipinski definition) is 9. The molecule has 9 nitrogen and oxygen atoms in total. The standard InChI is InChI=1S/C31H32F2N6O3/c1-2-41-20-14-24(32)23(25(33)15-20)17-36-26-7-4-3-6-21(26)29(34)31-37-18-28(42-13-5-12-40)30(39-31)38-27-10-11-35-16-22(27)19-8-9-19/h3-4,6-7,10-11,14-16,18-19,34,36,40H,2,5,8-9,12-13,17H2,1H3,(H,35,37,38,39). The molecule has 1 aliphatic carbocycles. The first kappa shape index (κ1) is 28.9. The number of rotatable bonds is 14. The van der Waals surface area contributed by atoms with Gasteiger partial charge in [-0.1, -0.05) is 18.2 Å². The minimum atomic E-state index is -0.726. The van der Waals surface area contributed by atoms with Crippen molar-refractivity contribution in [2.45, 2.75) is 38.6 Å². The Bertz CT molecular complexity index is 1540. The lowest BCUT2D eigenvalue weighted by Crippen LogP contribution is -2.14. The maximum Gasteiger partial charge on any atom is 0.180 e. The first-order valence-electron chi connectivity index (χ1n) is 13.8. The number of hydrogen-bond donors (Lipinski definition) is 4. The number of aliphatic hydroxyl groups excluding tert-OH is 1. The summed E-state index contributed by atoms with van der Waals surface area (Å²) in [5.74, 6) is -0.0118. The monoisotopic (exact) mass is 574 g/mol. The Morgan fingerprint density at radius 1 is 1.07 bits per heavy atom. The number of aliphatic hydroxyl groups is 1. The largest absolute Gasteiger partial charge is 0.494 e. The molecule has 42 heavy (non-hydrogen) atoms. The van der Waals surface area contributed by atoms with Crippen LogP contribution >= 0.6 is 0 Å². The molecule has 0 bridgehead atoms. The maximum absolute atomic E-state index is 14.7. The molecule has 1 aliphatic rings. The molecule has 11 heteroatoms. The number of pyridine rings is 1. The predicted octanol–water partition coefficient (Wildman–Crippen LogP) is 5.96. The van der Waals surface area contributed by atoms with Crippen molar-refractivity contribution in [1.82, 2.24) is 15.0 Å². The summed E-state index contributed by atoms with van der Waals surface area (Å²) in [6.45, 7) is 2.14. The fraction of sp³-hybridized carbons (Fsp3) is 0.290. The van der Waals surface area contributed by atoms with Gasteiger partial charge in [-0.15, -0.1) is 0 Å². The zero-order valence-electron chi connectivity index (χ0n) is 23.2. The Balaban J connectivity index is 1.41. The van der Waals surface area contributed by atoms with E-state index in [4.69, 9.17) is 14.9 Å². The molecule has 218 valence electrons. The highest BCUT2D eigenvalue weighted by molar-refractivity contribution is 6.12. The quantitative estimate of drug-likeness (QED) is 0.107. The number of halogens is 2. The van der Waals surface area contributed by atoms with Crippen LogP contribution in [0.25, 0.3) is 0 Å². The molecule has 0 aliphatic heterocycles. The van der Waals surface area contributed by atoms with Crippen LogP contribution < -0.4 is 20.1 Å². The molecule has 2 aromatic heterocycles. The normalized spacial score (nSPS) is 12.6. The average Bonchev–Trinajstić information content (AvgIpc) is 3.84. The Hall–Kier alpha value is -4.64. The van der Waals surface area contributed by atoms with E-state index in [1.54, 1.807) is 37.4 Å². The van der Waals surface area contributed by atoms with Gasteiger partial charge in [0.05, 0.1) is 19.4 Å². The number of nitrogens with zero attached hydrogens (tertiary/aromatic N) is 3. The highest BCUT2D eigenvalue weighted by atomic mass is 19.1. The van der Waals surface area contributed by atoms with Crippen molar-refractivity contribution in [3.8, 4) is 11.5 Å². The summed E-state index contributed by atoms with van der Waals surface area (Å²) < 4.78 is 40.4. The molecule has 4 N–H and O–H groups in total. The van der Waals surface area contributed by atoms with Crippen LogP contribution in [0.5, 0.6) is 11.5 Å². The molecule has 0 unspecified atom stereocenters. The minimum Gasteiger partial charge on any atom is -0.494 e. The van der Waals surface area contributed by atoms with Gasteiger partial charge in [-0.3, -0.25) is 10.4 Å². The Morgan fingerprint density at radius 3 is 2.60 bits per heavy atom. The van der Waals surface area contributed by atoms with Gasteiger partial charge in [-0.25, -0.2) is 18.7 Å². The number of benzene rings is 2. The smallest absolute Gasteiger partial charge is 0.180 e. The van der Waals surface area contributed by atoms with Crippen LogP contribution in [-0.2, 0) is 6.54 Å². The molecular weight excluding hydrogens is 542 g/mol. The molecule has 2 heterocycles. The van der Waals surface area contributed by atoms with E-state index in [1.807, 2.05) is 12.3 Å². The van der Waals surface area contributed by atoms with E-state index in [1.165, 1.54) is 6.20 Å². The zero-order chi connectivity index (χ0) is 29.5. The van der Waals surface area contributed by atoms with Gasteiger partial charge in [0.2, 0.25) is 0 Å². The van der Waals surface area contributed by atoms with Crippen molar-refractivity contribution >= 4 is 22.9 Å². The Kier molecular flexibility index (Phi) is 9.18. The highest BCUT2D eigenvalue weighted by Crippen LogP contribution is 2.44. The van der Waals surface area contributed by atoms with Crippen LogP contribution in [0.4, 0.5) is 26.0 Å². The van der Waals surface area contributed by atoms with Gasteiger partial charge in [0.25, 0.3) is 0 Å². The number of ether oxygens (including phenoxy) is 2. The Labute approximate surface area is 242 Å². The summed E-state index contributed by atoms with van der Waals surface area (Å²) >= 11 is 0. The van der Waals surface area contributed by atoms with E-state index in [9.17, 15) is 13.9 Å². The second-order valence-electron chi connectivity index (χ2n) is 9.77. The summed E-state index contributed by atoms with van der Waals surface area (Å²) in [7, 11) is 0.